The van der Waals surface area contributed by atoms with Gasteiger partial charge in [0.25, 0.3) is 5.56 Å². The standard InChI is InChI=1S/C8H6Cl2N4O2/c1-4-12-6(16-13-4)3-14-8(15)7(10)5(9)2-11-14/h2H,3H2,1H3. The van der Waals surface area contributed by atoms with E-state index in [4.69, 9.17) is 27.7 Å². The molecule has 0 radical (unpaired) electrons. The Bertz CT molecular complexity index is 578. The lowest BCUT2D eigenvalue weighted by Crippen LogP contribution is -2.23. The fourth-order valence-corrected chi connectivity index (χ4v) is 1.36. The van der Waals surface area contributed by atoms with Gasteiger partial charge in [-0.15, -0.1) is 0 Å². The van der Waals surface area contributed by atoms with Crippen molar-refractivity contribution in [2.24, 2.45) is 0 Å². The SMILES string of the molecule is Cc1noc(Cn2ncc(Cl)c(Cl)c2=O)n1. The highest BCUT2D eigenvalue weighted by atomic mass is 35.5. The van der Waals surface area contributed by atoms with E-state index in [1.165, 1.54) is 6.20 Å². The van der Waals surface area contributed by atoms with E-state index in [-0.39, 0.29) is 22.5 Å². The summed E-state index contributed by atoms with van der Waals surface area (Å²) in [5, 5.41) is 7.44. The summed E-state index contributed by atoms with van der Waals surface area (Å²) in [6.07, 6.45) is 1.29. The minimum Gasteiger partial charge on any atom is -0.337 e. The van der Waals surface area contributed by atoms with Gasteiger partial charge in [-0.05, 0) is 6.92 Å². The van der Waals surface area contributed by atoms with Crippen LogP contribution >= 0.6 is 23.2 Å². The monoisotopic (exact) mass is 260 g/mol. The molecular formula is C8H6Cl2N4O2. The fourth-order valence-electron chi connectivity index (χ4n) is 1.09. The normalized spacial score (nSPS) is 10.7. The Morgan fingerprint density at radius 1 is 1.50 bits per heavy atom. The Morgan fingerprint density at radius 3 is 2.88 bits per heavy atom. The predicted molar refractivity (Wildman–Crippen MR) is 56.7 cm³/mol. The summed E-state index contributed by atoms with van der Waals surface area (Å²) < 4.78 is 5.95. The van der Waals surface area contributed by atoms with Gasteiger partial charge in [0.15, 0.2) is 5.82 Å². The van der Waals surface area contributed by atoms with Gasteiger partial charge in [0.2, 0.25) is 5.89 Å². The third kappa shape index (κ3) is 2.07. The molecule has 0 amide bonds. The minimum atomic E-state index is -0.495. The van der Waals surface area contributed by atoms with Crippen LogP contribution in [0.4, 0.5) is 0 Å². The minimum absolute atomic E-state index is 0.0660. The molecule has 0 unspecified atom stereocenters. The third-order valence-corrected chi connectivity index (χ3v) is 2.55. The molecule has 0 spiro atoms. The van der Waals surface area contributed by atoms with E-state index in [1.807, 2.05) is 0 Å². The molecule has 84 valence electrons. The first-order valence-corrected chi connectivity index (χ1v) is 5.04. The van der Waals surface area contributed by atoms with Crippen molar-refractivity contribution in [3.8, 4) is 0 Å². The van der Waals surface area contributed by atoms with Crippen LogP contribution in [0.3, 0.4) is 0 Å². The number of aryl methyl sites for hydroxylation is 1. The average Bonchev–Trinajstić information content (AvgIpc) is 2.65. The van der Waals surface area contributed by atoms with Crippen LogP contribution in [-0.4, -0.2) is 19.9 Å². The first-order chi connectivity index (χ1) is 7.58. The molecule has 0 atom stereocenters. The van der Waals surface area contributed by atoms with E-state index in [9.17, 15) is 4.79 Å². The lowest BCUT2D eigenvalue weighted by Gasteiger charge is -2.01. The van der Waals surface area contributed by atoms with Gasteiger partial charge in [0.05, 0.1) is 11.2 Å². The summed E-state index contributed by atoms with van der Waals surface area (Å²) in [5.41, 5.74) is -0.495. The molecule has 6 nitrogen and oxygen atoms in total. The first kappa shape index (κ1) is 11.1. The number of halogens is 2. The number of rotatable bonds is 2. The second-order valence-corrected chi connectivity index (χ2v) is 3.79. The van der Waals surface area contributed by atoms with Crippen LogP contribution in [0.5, 0.6) is 0 Å². The van der Waals surface area contributed by atoms with Crippen LogP contribution in [0.25, 0.3) is 0 Å². The van der Waals surface area contributed by atoms with Crippen molar-refractivity contribution in [2.75, 3.05) is 0 Å². The number of hydrogen-bond donors (Lipinski definition) is 0. The van der Waals surface area contributed by atoms with Gasteiger partial charge in [-0.25, -0.2) is 4.68 Å². The maximum Gasteiger partial charge on any atom is 0.287 e. The average molecular weight is 261 g/mol. The zero-order valence-electron chi connectivity index (χ0n) is 8.15. The van der Waals surface area contributed by atoms with E-state index in [2.05, 4.69) is 15.2 Å². The van der Waals surface area contributed by atoms with Crippen molar-refractivity contribution in [3.63, 3.8) is 0 Å². The number of nitrogens with zero attached hydrogens (tertiary/aromatic N) is 4. The lowest BCUT2D eigenvalue weighted by atomic mass is 10.5. The molecule has 0 N–H and O–H groups in total. The second-order valence-electron chi connectivity index (χ2n) is 3.00. The largest absolute Gasteiger partial charge is 0.337 e. The summed E-state index contributed by atoms with van der Waals surface area (Å²) in [4.78, 5) is 15.5. The zero-order chi connectivity index (χ0) is 11.7. The molecule has 0 saturated carbocycles. The van der Waals surface area contributed by atoms with E-state index in [0.717, 1.165) is 4.68 Å². The molecule has 8 heteroatoms. The first-order valence-electron chi connectivity index (χ1n) is 4.28. The summed E-state index contributed by atoms with van der Waals surface area (Å²) in [7, 11) is 0. The Morgan fingerprint density at radius 2 is 2.25 bits per heavy atom. The van der Waals surface area contributed by atoms with Crippen LogP contribution in [0.1, 0.15) is 11.7 Å². The molecule has 0 bridgehead atoms. The Balaban J connectivity index is 2.36. The quantitative estimate of drug-likeness (QED) is 0.814. The van der Waals surface area contributed by atoms with Gasteiger partial charge >= 0.3 is 0 Å². The van der Waals surface area contributed by atoms with Crippen molar-refractivity contribution in [2.45, 2.75) is 13.5 Å². The zero-order valence-corrected chi connectivity index (χ0v) is 9.66. The van der Waals surface area contributed by atoms with Crippen molar-refractivity contribution < 1.29 is 4.52 Å². The molecule has 2 rings (SSSR count). The number of aromatic nitrogens is 4. The van der Waals surface area contributed by atoms with Crippen LogP contribution in [0, 0.1) is 6.92 Å². The maximum atomic E-state index is 11.6. The van der Waals surface area contributed by atoms with Gasteiger partial charge in [-0.1, -0.05) is 28.4 Å². The molecule has 0 aliphatic rings. The van der Waals surface area contributed by atoms with E-state index < -0.39 is 5.56 Å². The highest BCUT2D eigenvalue weighted by Crippen LogP contribution is 2.14. The van der Waals surface area contributed by atoms with Gasteiger partial charge < -0.3 is 4.52 Å². The highest BCUT2D eigenvalue weighted by Gasteiger charge is 2.10. The lowest BCUT2D eigenvalue weighted by molar-refractivity contribution is 0.360. The van der Waals surface area contributed by atoms with E-state index in [1.54, 1.807) is 6.92 Å². The van der Waals surface area contributed by atoms with Crippen LogP contribution in [-0.2, 0) is 6.54 Å². The Kier molecular flexibility index (Phi) is 2.93. The summed E-state index contributed by atoms with van der Waals surface area (Å²) in [6.45, 7) is 1.74. The Hall–Kier alpha value is -1.40. The third-order valence-electron chi connectivity index (χ3n) is 1.80. The molecular weight excluding hydrogens is 255 g/mol. The second kappa shape index (κ2) is 4.23. The van der Waals surface area contributed by atoms with Crippen LogP contribution < -0.4 is 5.56 Å². The molecule has 0 aliphatic carbocycles. The Labute approximate surface area is 99.8 Å². The maximum absolute atomic E-state index is 11.6. The smallest absolute Gasteiger partial charge is 0.287 e. The molecule has 0 fully saturated rings. The molecule has 2 aromatic rings. The molecule has 0 saturated heterocycles. The molecule has 2 aromatic heterocycles. The summed E-state index contributed by atoms with van der Waals surface area (Å²) in [6, 6.07) is 0. The van der Waals surface area contributed by atoms with Crippen molar-refractivity contribution in [1.29, 1.82) is 0 Å². The molecule has 0 aliphatic heterocycles. The molecule has 2 heterocycles. The summed E-state index contributed by atoms with van der Waals surface area (Å²) >= 11 is 11.3. The van der Waals surface area contributed by atoms with Crippen LogP contribution in [0.2, 0.25) is 10.0 Å². The number of hydrogen-bond acceptors (Lipinski definition) is 5. The van der Waals surface area contributed by atoms with Gasteiger partial charge in [0, 0.05) is 0 Å². The predicted octanol–water partition coefficient (Wildman–Crippen LogP) is 1.29. The van der Waals surface area contributed by atoms with Crippen molar-refractivity contribution >= 4 is 23.2 Å². The van der Waals surface area contributed by atoms with Gasteiger partial charge in [-0.3, -0.25) is 4.79 Å². The topological polar surface area (TPSA) is 73.8 Å². The van der Waals surface area contributed by atoms with E-state index in [0.29, 0.717) is 5.82 Å². The van der Waals surface area contributed by atoms with Crippen molar-refractivity contribution in [3.05, 3.63) is 38.3 Å². The highest BCUT2D eigenvalue weighted by molar-refractivity contribution is 6.41. The van der Waals surface area contributed by atoms with Crippen LogP contribution in [0.15, 0.2) is 15.5 Å². The molecule has 0 aromatic carbocycles. The van der Waals surface area contributed by atoms with Gasteiger partial charge in [0.1, 0.15) is 11.6 Å². The fraction of sp³-hybridized carbons (Fsp3) is 0.250. The molecule has 16 heavy (non-hydrogen) atoms. The summed E-state index contributed by atoms with van der Waals surface area (Å²) in [5.74, 6) is 0.772. The van der Waals surface area contributed by atoms with Gasteiger partial charge in [-0.2, -0.15) is 10.1 Å². The van der Waals surface area contributed by atoms with E-state index >= 15 is 0 Å². The van der Waals surface area contributed by atoms with Crippen molar-refractivity contribution in [1.82, 2.24) is 19.9 Å².